The van der Waals surface area contributed by atoms with E-state index in [2.05, 4.69) is 0 Å². The van der Waals surface area contributed by atoms with Crippen molar-refractivity contribution >= 4 is 5.97 Å². The normalized spacial score (nSPS) is 13.7. The number of likely N-dealkylation sites (N-methyl/N-ethyl adjacent to an activating group) is 1. The summed E-state index contributed by atoms with van der Waals surface area (Å²) in [6, 6.07) is -0.532. The second-order valence-electron chi connectivity index (χ2n) is 3.40. The number of hydrogen-bond acceptors (Lipinski definition) is 3. The molecule has 0 saturated carbocycles. The fourth-order valence-electron chi connectivity index (χ4n) is 1.26. The molecule has 0 fully saturated rings. The van der Waals surface area contributed by atoms with Crippen molar-refractivity contribution in [2.75, 3.05) is 13.7 Å². The number of nitrogens with zero attached hydrogens (tertiary/aromatic N) is 1. The molecule has 0 unspecified atom stereocenters. The highest BCUT2D eigenvalue weighted by Gasteiger charge is 2.25. The Morgan fingerprint density at radius 3 is 2.31 bits per heavy atom. The summed E-state index contributed by atoms with van der Waals surface area (Å²) in [6.07, 6.45) is 0.608. The van der Waals surface area contributed by atoms with E-state index in [1.54, 1.807) is 0 Å². The van der Waals surface area contributed by atoms with E-state index in [-0.39, 0.29) is 0 Å². The molecule has 0 bridgehead atoms. The van der Waals surface area contributed by atoms with Crippen LogP contribution in [0.4, 0.5) is 0 Å². The van der Waals surface area contributed by atoms with Crippen LogP contribution in [0, 0.1) is 5.92 Å². The van der Waals surface area contributed by atoms with E-state index in [1.807, 2.05) is 20.8 Å². The number of carboxylic acids is 1. The van der Waals surface area contributed by atoms with Gasteiger partial charge in [-0.3, -0.25) is 4.79 Å². The van der Waals surface area contributed by atoms with Gasteiger partial charge in [0.2, 0.25) is 0 Å². The minimum atomic E-state index is -0.822. The van der Waals surface area contributed by atoms with Crippen molar-refractivity contribution in [1.29, 1.82) is 0 Å². The van der Waals surface area contributed by atoms with Crippen LogP contribution in [-0.4, -0.2) is 35.8 Å². The van der Waals surface area contributed by atoms with E-state index in [0.717, 1.165) is 0 Å². The van der Waals surface area contributed by atoms with Gasteiger partial charge < -0.3 is 9.94 Å². The van der Waals surface area contributed by atoms with E-state index in [9.17, 15) is 4.79 Å². The lowest BCUT2D eigenvalue weighted by atomic mass is 10.0. The van der Waals surface area contributed by atoms with Gasteiger partial charge in [-0.2, -0.15) is 5.06 Å². The van der Waals surface area contributed by atoms with Crippen LogP contribution in [0.15, 0.2) is 0 Å². The molecule has 4 nitrogen and oxygen atoms in total. The Labute approximate surface area is 79.4 Å². The van der Waals surface area contributed by atoms with E-state index in [4.69, 9.17) is 9.94 Å². The quantitative estimate of drug-likeness (QED) is 0.641. The average molecular weight is 189 g/mol. The molecule has 0 aliphatic carbocycles. The minimum absolute atomic E-state index is 0.352. The van der Waals surface area contributed by atoms with E-state index in [0.29, 0.717) is 18.9 Å². The lowest BCUT2D eigenvalue weighted by Crippen LogP contribution is -2.41. The maximum atomic E-state index is 10.9. The first kappa shape index (κ1) is 12.4. The zero-order valence-corrected chi connectivity index (χ0v) is 8.78. The van der Waals surface area contributed by atoms with Gasteiger partial charge in [-0.15, -0.1) is 0 Å². The summed E-state index contributed by atoms with van der Waals surface area (Å²) >= 11 is 0. The molecule has 0 aliphatic heterocycles. The topological polar surface area (TPSA) is 49.8 Å². The number of hydrogen-bond donors (Lipinski definition) is 1. The molecule has 0 amide bonds. The van der Waals surface area contributed by atoms with Gasteiger partial charge in [0, 0.05) is 6.54 Å². The Kier molecular flexibility index (Phi) is 5.66. The summed E-state index contributed by atoms with van der Waals surface area (Å²) in [7, 11) is 1.50. The minimum Gasteiger partial charge on any atom is -0.480 e. The summed E-state index contributed by atoms with van der Waals surface area (Å²) in [5.41, 5.74) is 0. The lowest BCUT2D eigenvalue weighted by molar-refractivity contribution is -0.184. The molecule has 0 spiro atoms. The highest BCUT2D eigenvalue weighted by Crippen LogP contribution is 2.11. The maximum absolute atomic E-state index is 10.9. The second kappa shape index (κ2) is 5.94. The molecule has 0 saturated heterocycles. The molecule has 78 valence electrons. The number of carbonyl (C=O) groups is 1. The Hall–Kier alpha value is -0.610. The molecule has 0 aliphatic rings. The first-order valence-corrected chi connectivity index (χ1v) is 4.56. The zero-order chi connectivity index (χ0) is 10.4. The number of aliphatic carboxylic acids is 1. The van der Waals surface area contributed by atoms with Gasteiger partial charge in [0.15, 0.2) is 0 Å². The third kappa shape index (κ3) is 4.24. The van der Waals surface area contributed by atoms with Crippen molar-refractivity contribution < 1.29 is 14.7 Å². The molecule has 0 aromatic rings. The molecule has 13 heavy (non-hydrogen) atoms. The molecule has 0 aromatic carbocycles. The predicted octanol–water partition coefficient (Wildman–Crippen LogP) is 1.37. The van der Waals surface area contributed by atoms with Crippen molar-refractivity contribution in [2.24, 2.45) is 5.92 Å². The van der Waals surface area contributed by atoms with Crippen molar-refractivity contribution in [3.63, 3.8) is 0 Å². The second-order valence-corrected chi connectivity index (χ2v) is 3.40. The third-order valence-corrected chi connectivity index (χ3v) is 1.87. The van der Waals surface area contributed by atoms with Crippen molar-refractivity contribution in [1.82, 2.24) is 5.06 Å². The molecule has 1 N–H and O–H groups in total. The molecule has 1 atom stereocenters. The molecule has 0 rings (SSSR count). The fraction of sp³-hybridized carbons (Fsp3) is 0.889. The number of hydroxylamine groups is 2. The molecule has 0 radical (unpaired) electrons. The van der Waals surface area contributed by atoms with Crippen LogP contribution >= 0.6 is 0 Å². The average Bonchev–Trinajstić information content (AvgIpc) is 2.04. The first-order chi connectivity index (χ1) is 6.02. The van der Waals surface area contributed by atoms with Gasteiger partial charge in [-0.25, -0.2) is 0 Å². The molecular weight excluding hydrogens is 170 g/mol. The highest BCUT2D eigenvalue weighted by molar-refractivity contribution is 5.73. The predicted molar refractivity (Wildman–Crippen MR) is 50.3 cm³/mol. The highest BCUT2D eigenvalue weighted by atomic mass is 16.7. The molecule has 0 heterocycles. The van der Waals surface area contributed by atoms with Crippen molar-refractivity contribution in [3.05, 3.63) is 0 Å². The number of carboxylic acid groups (broad SMARTS) is 1. The molecular formula is C9H19NO3. The summed E-state index contributed by atoms with van der Waals surface area (Å²) in [6.45, 7) is 6.46. The monoisotopic (exact) mass is 189 g/mol. The van der Waals surface area contributed by atoms with E-state index < -0.39 is 12.0 Å². The van der Waals surface area contributed by atoms with E-state index in [1.165, 1.54) is 12.2 Å². The van der Waals surface area contributed by atoms with Crippen LogP contribution in [0.5, 0.6) is 0 Å². The van der Waals surface area contributed by atoms with Crippen molar-refractivity contribution in [2.45, 2.75) is 33.2 Å². The smallest absolute Gasteiger partial charge is 0.323 e. The summed E-state index contributed by atoms with van der Waals surface area (Å²) < 4.78 is 0. The van der Waals surface area contributed by atoms with Gasteiger partial charge in [-0.1, -0.05) is 20.8 Å². The lowest BCUT2D eigenvalue weighted by Gasteiger charge is -2.26. The molecule has 0 aromatic heterocycles. The van der Waals surface area contributed by atoms with Gasteiger partial charge in [0.1, 0.15) is 6.04 Å². The van der Waals surface area contributed by atoms with E-state index >= 15 is 0 Å². The van der Waals surface area contributed by atoms with Crippen LogP contribution in [0.1, 0.15) is 27.2 Å². The Balaban J connectivity index is 4.30. The van der Waals surface area contributed by atoms with Gasteiger partial charge in [-0.05, 0) is 12.3 Å². The van der Waals surface area contributed by atoms with Gasteiger partial charge >= 0.3 is 5.97 Å². The van der Waals surface area contributed by atoms with Crippen LogP contribution in [0.2, 0.25) is 0 Å². The summed E-state index contributed by atoms with van der Waals surface area (Å²) in [5.74, 6) is -0.470. The SMILES string of the molecule is CCN(OC)[C@@H](CC(C)C)C(=O)O. The van der Waals surface area contributed by atoms with Gasteiger partial charge in [0.25, 0.3) is 0 Å². The summed E-state index contributed by atoms with van der Waals surface area (Å²) in [5, 5.41) is 10.4. The van der Waals surface area contributed by atoms with Crippen LogP contribution in [0.3, 0.4) is 0 Å². The first-order valence-electron chi connectivity index (χ1n) is 4.56. The number of rotatable bonds is 6. The maximum Gasteiger partial charge on any atom is 0.323 e. The van der Waals surface area contributed by atoms with Crippen LogP contribution < -0.4 is 0 Å². The van der Waals surface area contributed by atoms with Gasteiger partial charge in [0.05, 0.1) is 7.11 Å². The van der Waals surface area contributed by atoms with Crippen LogP contribution in [-0.2, 0) is 9.63 Å². The summed E-state index contributed by atoms with van der Waals surface area (Å²) in [4.78, 5) is 15.8. The third-order valence-electron chi connectivity index (χ3n) is 1.87. The van der Waals surface area contributed by atoms with Crippen molar-refractivity contribution in [3.8, 4) is 0 Å². The Bertz CT molecular complexity index is 155. The fourth-order valence-corrected chi connectivity index (χ4v) is 1.26. The largest absolute Gasteiger partial charge is 0.480 e. The Morgan fingerprint density at radius 1 is 1.54 bits per heavy atom. The zero-order valence-electron chi connectivity index (χ0n) is 8.78. The van der Waals surface area contributed by atoms with Crippen LogP contribution in [0.25, 0.3) is 0 Å². The Morgan fingerprint density at radius 2 is 2.08 bits per heavy atom. The standard InChI is InChI=1S/C9H19NO3/c1-5-10(13-4)8(9(11)12)6-7(2)3/h7-8H,5-6H2,1-4H3,(H,11,12)/t8-/m0/s1. The molecule has 4 heteroatoms.